The van der Waals surface area contributed by atoms with Crippen molar-refractivity contribution in [2.75, 3.05) is 19.6 Å². The van der Waals surface area contributed by atoms with Gasteiger partial charge in [-0.2, -0.15) is 0 Å². The van der Waals surface area contributed by atoms with E-state index in [-0.39, 0.29) is 18.1 Å². The molecule has 2 rings (SSSR count). The lowest BCUT2D eigenvalue weighted by molar-refractivity contribution is -0.124. The van der Waals surface area contributed by atoms with Crippen molar-refractivity contribution in [3.63, 3.8) is 0 Å². The van der Waals surface area contributed by atoms with Crippen molar-refractivity contribution in [1.29, 1.82) is 0 Å². The van der Waals surface area contributed by atoms with Crippen LogP contribution < -0.4 is 5.32 Å². The zero-order chi connectivity index (χ0) is 18.4. The highest BCUT2D eigenvalue weighted by molar-refractivity contribution is 5.78. The molecule has 1 aliphatic rings. The van der Waals surface area contributed by atoms with Crippen molar-refractivity contribution in [1.82, 2.24) is 10.2 Å². The third kappa shape index (κ3) is 5.55. The van der Waals surface area contributed by atoms with Crippen LogP contribution in [0.25, 0.3) is 0 Å². The normalized spacial score (nSPS) is 19.6. The van der Waals surface area contributed by atoms with Crippen LogP contribution >= 0.6 is 0 Å². The van der Waals surface area contributed by atoms with Crippen molar-refractivity contribution in [3.05, 3.63) is 34.4 Å². The van der Waals surface area contributed by atoms with Gasteiger partial charge in [-0.3, -0.25) is 9.69 Å². The summed E-state index contributed by atoms with van der Waals surface area (Å²) in [5.74, 6) is 0.0672. The number of amides is 1. The molecule has 1 aromatic carbocycles. The smallest absolute Gasteiger partial charge is 0.234 e. The molecule has 2 unspecified atom stereocenters. The fraction of sp³-hybridized carbons (Fsp3) is 0.667. The van der Waals surface area contributed by atoms with Gasteiger partial charge in [0.15, 0.2) is 0 Å². The van der Waals surface area contributed by atoms with Gasteiger partial charge in [0.1, 0.15) is 0 Å². The molecule has 0 spiro atoms. The zero-order valence-corrected chi connectivity index (χ0v) is 16.3. The number of likely N-dealkylation sites (tertiary alicyclic amines) is 1. The van der Waals surface area contributed by atoms with Crippen LogP contribution in [0.2, 0.25) is 0 Å². The highest BCUT2D eigenvalue weighted by Crippen LogP contribution is 2.21. The molecule has 2 N–H and O–H groups in total. The molecule has 0 aromatic heterocycles. The molecule has 140 valence electrons. The summed E-state index contributed by atoms with van der Waals surface area (Å²) in [6.07, 6.45) is 4.53. The molecule has 0 radical (unpaired) electrons. The first-order valence-corrected chi connectivity index (χ1v) is 9.68. The number of aryl methyl sites for hydroxylation is 3. The lowest BCUT2D eigenvalue weighted by atomic mass is 9.96. The van der Waals surface area contributed by atoms with Crippen molar-refractivity contribution < 1.29 is 9.90 Å². The van der Waals surface area contributed by atoms with E-state index >= 15 is 0 Å². The first-order chi connectivity index (χ1) is 11.9. The third-order valence-corrected chi connectivity index (χ3v) is 5.41. The molecular formula is C21H34N2O2. The highest BCUT2D eigenvalue weighted by Gasteiger charge is 2.28. The number of aliphatic hydroxyl groups is 1. The summed E-state index contributed by atoms with van der Waals surface area (Å²) in [7, 11) is 0. The molecule has 0 aliphatic carbocycles. The van der Waals surface area contributed by atoms with Crippen LogP contribution in [0.3, 0.4) is 0 Å². The Hall–Kier alpha value is -1.39. The van der Waals surface area contributed by atoms with Crippen LogP contribution in [-0.2, 0) is 11.2 Å². The molecule has 25 heavy (non-hydrogen) atoms. The third-order valence-electron chi connectivity index (χ3n) is 5.41. The average molecular weight is 347 g/mol. The topological polar surface area (TPSA) is 52.6 Å². The number of carbonyl (C=O) groups excluding carboxylic acids is 1. The van der Waals surface area contributed by atoms with E-state index in [0.29, 0.717) is 13.1 Å². The Morgan fingerprint density at radius 1 is 1.28 bits per heavy atom. The second-order valence-corrected chi connectivity index (χ2v) is 7.49. The standard InChI is InChI=1S/C21H34N2O2/c1-5-20(24)19-8-6-7-11-23(19)14-21(25)22-10-9-18-16(3)12-15(2)13-17(18)4/h12-13,19-20,24H,5-11,14H2,1-4H3,(H,22,25). The summed E-state index contributed by atoms with van der Waals surface area (Å²) in [5, 5.41) is 13.3. The Morgan fingerprint density at radius 3 is 2.60 bits per heavy atom. The predicted molar refractivity (Wildman–Crippen MR) is 103 cm³/mol. The van der Waals surface area contributed by atoms with Gasteiger partial charge in [-0.05, 0) is 69.7 Å². The van der Waals surface area contributed by atoms with Gasteiger partial charge in [0.25, 0.3) is 0 Å². The van der Waals surface area contributed by atoms with Crippen LogP contribution in [0.5, 0.6) is 0 Å². The molecule has 1 heterocycles. The molecule has 1 amide bonds. The quantitative estimate of drug-likeness (QED) is 0.798. The van der Waals surface area contributed by atoms with E-state index in [0.717, 1.165) is 38.6 Å². The SMILES string of the molecule is CCC(O)C1CCCCN1CC(=O)NCCc1c(C)cc(C)cc1C. The van der Waals surface area contributed by atoms with Crippen LogP contribution in [0.1, 0.15) is 54.9 Å². The average Bonchev–Trinajstić information content (AvgIpc) is 2.57. The maximum absolute atomic E-state index is 12.3. The van der Waals surface area contributed by atoms with Gasteiger partial charge in [0.05, 0.1) is 12.6 Å². The second kappa shape index (κ2) is 9.35. The maximum atomic E-state index is 12.3. The lowest BCUT2D eigenvalue weighted by Crippen LogP contribution is -2.50. The molecule has 1 fully saturated rings. The number of nitrogens with one attached hydrogen (secondary N) is 1. The Bertz CT molecular complexity index is 562. The Balaban J connectivity index is 1.84. The minimum Gasteiger partial charge on any atom is -0.392 e. The number of benzene rings is 1. The number of piperidine rings is 1. The van der Waals surface area contributed by atoms with Crippen LogP contribution in [0.15, 0.2) is 12.1 Å². The Kier molecular flexibility index (Phi) is 7.45. The van der Waals surface area contributed by atoms with Gasteiger partial charge in [0, 0.05) is 12.6 Å². The minimum absolute atomic E-state index is 0.0672. The van der Waals surface area contributed by atoms with Crippen molar-refractivity contribution in [2.24, 2.45) is 0 Å². The Morgan fingerprint density at radius 2 is 1.96 bits per heavy atom. The first kappa shape index (κ1) is 19.9. The maximum Gasteiger partial charge on any atom is 0.234 e. The van der Waals surface area contributed by atoms with Crippen LogP contribution in [0.4, 0.5) is 0 Å². The summed E-state index contributed by atoms with van der Waals surface area (Å²) < 4.78 is 0. The first-order valence-electron chi connectivity index (χ1n) is 9.68. The molecule has 0 saturated carbocycles. The van der Waals surface area contributed by atoms with Gasteiger partial charge >= 0.3 is 0 Å². The summed E-state index contributed by atoms with van der Waals surface area (Å²) in [5.41, 5.74) is 5.22. The molecule has 4 heteroatoms. The highest BCUT2D eigenvalue weighted by atomic mass is 16.3. The van der Waals surface area contributed by atoms with E-state index in [9.17, 15) is 9.90 Å². The number of carbonyl (C=O) groups is 1. The van der Waals surface area contributed by atoms with Gasteiger partial charge in [-0.1, -0.05) is 31.0 Å². The van der Waals surface area contributed by atoms with Gasteiger partial charge < -0.3 is 10.4 Å². The lowest BCUT2D eigenvalue weighted by Gasteiger charge is -2.37. The van der Waals surface area contributed by atoms with E-state index < -0.39 is 0 Å². The van der Waals surface area contributed by atoms with Crippen molar-refractivity contribution in [3.8, 4) is 0 Å². The number of nitrogens with zero attached hydrogens (tertiary/aromatic N) is 1. The van der Waals surface area contributed by atoms with Crippen molar-refractivity contribution in [2.45, 2.75) is 71.9 Å². The molecule has 0 bridgehead atoms. The fourth-order valence-corrected chi connectivity index (χ4v) is 4.09. The Labute approximate surface area is 152 Å². The minimum atomic E-state index is -0.328. The molecular weight excluding hydrogens is 312 g/mol. The van der Waals surface area contributed by atoms with Gasteiger partial charge in [0.2, 0.25) is 5.91 Å². The van der Waals surface area contributed by atoms with Crippen molar-refractivity contribution >= 4 is 5.91 Å². The van der Waals surface area contributed by atoms with Gasteiger partial charge in [-0.15, -0.1) is 0 Å². The fourth-order valence-electron chi connectivity index (χ4n) is 4.09. The van der Waals surface area contributed by atoms with Gasteiger partial charge in [-0.25, -0.2) is 0 Å². The second-order valence-electron chi connectivity index (χ2n) is 7.49. The zero-order valence-electron chi connectivity index (χ0n) is 16.3. The van der Waals surface area contributed by atoms with E-state index in [1.165, 1.54) is 22.3 Å². The monoisotopic (exact) mass is 346 g/mol. The number of aliphatic hydroxyl groups excluding tert-OH is 1. The van der Waals surface area contributed by atoms with Crippen LogP contribution in [0, 0.1) is 20.8 Å². The summed E-state index contributed by atoms with van der Waals surface area (Å²) in [6, 6.07) is 4.54. The van der Waals surface area contributed by atoms with E-state index in [1.807, 2.05) is 6.92 Å². The summed E-state index contributed by atoms with van der Waals surface area (Å²) >= 11 is 0. The number of rotatable bonds is 7. The number of hydrogen-bond donors (Lipinski definition) is 2. The number of hydrogen-bond acceptors (Lipinski definition) is 3. The van der Waals surface area contributed by atoms with E-state index in [1.54, 1.807) is 0 Å². The predicted octanol–water partition coefficient (Wildman–Crippen LogP) is 2.90. The summed E-state index contributed by atoms with van der Waals surface area (Å²) in [4.78, 5) is 14.5. The molecule has 2 atom stereocenters. The molecule has 1 aromatic rings. The molecule has 1 aliphatic heterocycles. The van der Waals surface area contributed by atoms with E-state index in [4.69, 9.17) is 0 Å². The molecule has 1 saturated heterocycles. The van der Waals surface area contributed by atoms with E-state index in [2.05, 4.69) is 43.1 Å². The van der Waals surface area contributed by atoms with Crippen LogP contribution in [-0.4, -0.2) is 47.7 Å². The molecule has 4 nitrogen and oxygen atoms in total. The largest absolute Gasteiger partial charge is 0.392 e. The summed E-state index contributed by atoms with van der Waals surface area (Å²) in [6.45, 7) is 10.4.